The Balaban J connectivity index is 1.79. The molecule has 0 aliphatic heterocycles. The van der Waals surface area contributed by atoms with Gasteiger partial charge in [0.05, 0.1) is 19.9 Å². The van der Waals surface area contributed by atoms with Gasteiger partial charge < -0.3 is 19.7 Å². The van der Waals surface area contributed by atoms with Crippen LogP contribution in [-0.4, -0.2) is 31.7 Å². The standard InChI is InChI=1S/C28H33BrN2O3/c1-28(2,3)22-13-10-21(11-14-22)19-31(27(32)30-24-9-7-6-8-23(24)29)17-16-20-12-15-25(33-4)26(18-20)34-5/h6-15,18H,16-17,19H2,1-5H3,(H,30,32). The molecule has 0 saturated carbocycles. The van der Waals surface area contributed by atoms with Crippen LogP contribution in [0.5, 0.6) is 11.5 Å². The van der Waals surface area contributed by atoms with Crippen molar-refractivity contribution in [3.8, 4) is 11.5 Å². The van der Waals surface area contributed by atoms with Crippen LogP contribution < -0.4 is 14.8 Å². The molecule has 0 atom stereocenters. The lowest BCUT2D eigenvalue weighted by Crippen LogP contribution is -2.36. The maximum atomic E-state index is 13.3. The minimum absolute atomic E-state index is 0.0859. The Morgan fingerprint density at radius 3 is 2.18 bits per heavy atom. The van der Waals surface area contributed by atoms with Crippen LogP contribution >= 0.6 is 15.9 Å². The Labute approximate surface area is 211 Å². The number of benzene rings is 3. The summed E-state index contributed by atoms with van der Waals surface area (Å²) < 4.78 is 11.6. The number of para-hydroxylation sites is 1. The molecule has 0 spiro atoms. The molecule has 34 heavy (non-hydrogen) atoms. The van der Waals surface area contributed by atoms with E-state index in [2.05, 4.69) is 66.3 Å². The van der Waals surface area contributed by atoms with Crippen LogP contribution in [0.1, 0.15) is 37.5 Å². The summed E-state index contributed by atoms with van der Waals surface area (Å²) in [4.78, 5) is 15.1. The number of nitrogens with one attached hydrogen (secondary N) is 1. The van der Waals surface area contributed by atoms with Crippen LogP contribution in [0.3, 0.4) is 0 Å². The number of rotatable bonds is 8. The van der Waals surface area contributed by atoms with Crippen molar-refractivity contribution in [1.82, 2.24) is 4.90 Å². The molecule has 0 heterocycles. The number of hydrogen-bond acceptors (Lipinski definition) is 3. The summed E-state index contributed by atoms with van der Waals surface area (Å²) in [5, 5.41) is 3.04. The molecular weight excluding hydrogens is 492 g/mol. The van der Waals surface area contributed by atoms with Crippen molar-refractivity contribution in [2.24, 2.45) is 0 Å². The number of carbonyl (C=O) groups is 1. The van der Waals surface area contributed by atoms with E-state index in [1.807, 2.05) is 47.4 Å². The van der Waals surface area contributed by atoms with Gasteiger partial charge in [0.25, 0.3) is 0 Å². The monoisotopic (exact) mass is 524 g/mol. The van der Waals surface area contributed by atoms with Gasteiger partial charge in [0, 0.05) is 17.6 Å². The van der Waals surface area contributed by atoms with Crippen LogP contribution in [0.4, 0.5) is 10.5 Å². The molecule has 0 fully saturated rings. The Bertz CT molecular complexity index is 1110. The highest BCUT2D eigenvalue weighted by Gasteiger charge is 2.18. The molecule has 0 aromatic heterocycles. The fourth-order valence-electron chi connectivity index (χ4n) is 3.64. The van der Waals surface area contributed by atoms with E-state index >= 15 is 0 Å². The zero-order valence-electron chi connectivity index (χ0n) is 20.5. The average molecular weight is 525 g/mol. The summed E-state index contributed by atoms with van der Waals surface area (Å²) in [5.41, 5.74) is 4.25. The van der Waals surface area contributed by atoms with Gasteiger partial charge in [-0.3, -0.25) is 0 Å². The Kier molecular flexibility index (Phi) is 8.61. The maximum Gasteiger partial charge on any atom is 0.322 e. The lowest BCUT2D eigenvalue weighted by atomic mass is 9.87. The van der Waals surface area contributed by atoms with Crippen molar-refractivity contribution < 1.29 is 14.3 Å². The number of ether oxygens (including phenoxy) is 2. The van der Waals surface area contributed by atoms with E-state index in [0.717, 1.165) is 21.3 Å². The fraction of sp³-hybridized carbons (Fsp3) is 0.321. The highest BCUT2D eigenvalue weighted by atomic mass is 79.9. The molecule has 2 amide bonds. The number of nitrogens with zero attached hydrogens (tertiary/aromatic N) is 1. The molecule has 3 aromatic carbocycles. The number of methoxy groups -OCH3 is 2. The lowest BCUT2D eigenvalue weighted by molar-refractivity contribution is 0.209. The van der Waals surface area contributed by atoms with Crippen LogP contribution in [0.25, 0.3) is 0 Å². The normalized spacial score (nSPS) is 11.1. The number of urea groups is 1. The molecular formula is C28H33BrN2O3. The third kappa shape index (κ3) is 6.76. The van der Waals surface area contributed by atoms with Gasteiger partial charge in [-0.1, -0.05) is 63.2 Å². The Morgan fingerprint density at radius 2 is 1.56 bits per heavy atom. The Morgan fingerprint density at radius 1 is 0.912 bits per heavy atom. The van der Waals surface area contributed by atoms with E-state index in [1.54, 1.807) is 14.2 Å². The van der Waals surface area contributed by atoms with Gasteiger partial charge in [-0.05, 0) is 68.7 Å². The quantitative estimate of drug-likeness (QED) is 0.343. The third-order valence-corrected chi connectivity index (χ3v) is 6.41. The molecule has 0 aliphatic rings. The topological polar surface area (TPSA) is 50.8 Å². The number of amides is 2. The van der Waals surface area contributed by atoms with Crippen molar-refractivity contribution in [3.05, 3.63) is 87.9 Å². The first-order valence-electron chi connectivity index (χ1n) is 11.3. The highest BCUT2D eigenvalue weighted by molar-refractivity contribution is 9.10. The lowest BCUT2D eigenvalue weighted by Gasteiger charge is -2.25. The van der Waals surface area contributed by atoms with Crippen molar-refractivity contribution in [2.45, 2.75) is 39.2 Å². The maximum absolute atomic E-state index is 13.3. The van der Waals surface area contributed by atoms with Crippen molar-refractivity contribution in [3.63, 3.8) is 0 Å². The van der Waals surface area contributed by atoms with Crippen molar-refractivity contribution in [1.29, 1.82) is 0 Å². The second-order valence-corrected chi connectivity index (χ2v) is 10.1. The van der Waals surface area contributed by atoms with E-state index in [0.29, 0.717) is 31.0 Å². The summed E-state index contributed by atoms with van der Waals surface area (Å²) in [7, 11) is 3.25. The average Bonchev–Trinajstić information content (AvgIpc) is 2.82. The molecule has 180 valence electrons. The van der Waals surface area contributed by atoms with Crippen molar-refractivity contribution >= 4 is 27.6 Å². The summed E-state index contributed by atoms with van der Waals surface area (Å²) in [5.74, 6) is 1.37. The van der Waals surface area contributed by atoms with Crippen LogP contribution in [0.2, 0.25) is 0 Å². The first-order chi connectivity index (χ1) is 16.2. The molecule has 0 unspecified atom stereocenters. The zero-order chi connectivity index (χ0) is 24.7. The smallest absolute Gasteiger partial charge is 0.322 e. The van der Waals surface area contributed by atoms with Gasteiger partial charge in [-0.2, -0.15) is 0 Å². The number of carbonyl (C=O) groups excluding carboxylic acids is 1. The van der Waals surface area contributed by atoms with Gasteiger partial charge in [-0.15, -0.1) is 0 Å². The van der Waals surface area contributed by atoms with Crippen LogP contribution in [0.15, 0.2) is 71.2 Å². The van der Waals surface area contributed by atoms with Crippen molar-refractivity contribution in [2.75, 3.05) is 26.1 Å². The first kappa shape index (κ1) is 25.6. The van der Waals surface area contributed by atoms with Gasteiger partial charge in [0.15, 0.2) is 11.5 Å². The fourth-order valence-corrected chi connectivity index (χ4v) is 4.02. The van der Waals surface area contributed by atoms with Gasteiger partial charge >= 0.3 is 6.03 Å². The van der Waals surface area contributed by atoms with E-state index in [9.17, 15) is 4.79 Å². The molecule has 3 rings (SSSR count). The third-order valence-electron chi connectivity index (χ3n) is 5.71. The summed E-state index contributed by atoms with van der Waals surface area (Å²) in [6.07, 6.45) is 0.684. The molecule has 0 aliphatic carbocycles. The van der Waals surface area contributed by atoms with Gasteiger partial charge in [0.1, 0.15) is 0 Å². The van der Waals surface area contributed by atoms with Crippen LogP contribution in [-0.2, 0) is 18.4 Å². The van der Waals surface area contributed by atoms with Gasteiger partial charge in [0.2, 0.25) is 0 Å². The largest absolute Gasteiger partial charge is 0.493 e. The van der Waals surface area contributed by atoms with Gasteiger partial charge in [-0.25, -0.2) is 4.79 Å². The van der Waals surface area contributed by atoms with E-state index in [-0.39, 0.29) is 11.4 Å². The van der Waals surface area contributed by atoms with E-state index in [4.69, 9.17) is 9.47 Å². The highest BCUT2D eigenvalue weighted by Crippen LogP contribution is 2.28. The summed E-state index contributed by atoms with van der Waals surface area (Å²) in [6, 6.07) is 21.8. The molecule has 6 heteroatoms. The molecule has 0 bridgehead atoms. The minimum atomic E-state index is -0.146. The minimum Gasteiger partial charge on any atom is -0.493 e. The molecule has 5 nitrogen and oxygen atoms in total. The molecule has 0 radical (unpaired) electrons. The first-order valence-corrected chi connectivity index (χ1v) is 12.1. The van der Waals surface area contributed by atoms with E-state index < -0.39 is 0 Å². The number of hydrogen-bond donors (Lipinski definition) is 1. The zero-order valence-corrected chi connectivity index (χ0v) is 22.1. The van der Waals surface area contributed by atoms with E-state index in [1.165, 1.54) is 5.56 Å². The predicted octanol–water partition coefficient (Wildman–Crippen LogP) is 7.04. The molecule has 3 aromatic rings. The Hall–Kier alpha value is -2.99. The number of anilines is 1. The summed E-state index contributed by atoms with van der Waals surface area (Å²) in [6.45, 7) is 7.65. The van der Waals surface area contributed by atoms with Crippen LogP contribution in [0, 0.1) is 0 Å². The molecule has 1 N–H and O–H groups in total. The second-order valence-electron chi connectivity index (χ2n) is 9.22. The molecule has 0 saturated heterocycles. The second kappa shape index (κ2) is 11.4. The SMILES string of the molecule is COc1ccc(CCN(Cc2ccc(C(C)(C)C)cc2)C(=O)Nc2ccccc2Br)cc1OC. The summed E-state index contributed by atoms with van der Waals surface area (Å²) >= 11 is 3.51. The number of halogens is 1. The predicted molar refractivity (Wildman–Crippen MR) is 142 cm³/mol.